The molecule has 0 bridgehead atoms. The molecule has 0 nitrogen and oxygen atoms in total. The molecule has 2 aromatic carbocycles. The summed E-state index contributed by atoms with van der Waals surface area (Å²) in [6, 6.07) is 16.1. The summed E-state index contributed by atoms with van der Waals surface area (Å²) in [5, 5.41) is 0. The van der Waals surface area contributed by atoms with E-state index in [1.807, 2.05) is 0 Å². The average Bonchev–Trinajstić information content (AvgIpc) is 2.56. The van der Waals surface area contributed by atoms with E-state index in [4.69, 9.17) is 0 Å². The monoisotopic (exact) mass is 320 g/mol. The lowest BCUT2D eigenvalue weighted by atomic mass is 9.93. The molecule has 0 aliphatic rings. The van der Waals surface area contributed by atoms with Crippen molar-refractivity contribution in [2.45, 2.75) is 60.8 Å². The Morgan fingerprint density at radius 1 is 0.875 bits per heavy atom. The molecule has 0 fully saturated rings. The predicted octanol–water partition coefficient (Wildman–Crippen LogP) is 6.99. The molecule has 0 saturated carbocycles. The van der Waals surface area contributed by atoms with Crippen molar-refractivity contribution in [2.24, 2.45) is 5.92 Å². The smallest absolute Gasteiger partial charge is 0.00256 e. The SMILES string of the molecule is CC/C(C)=C(\C)c1cc(Cc2ccc(CC(C)C)cc2)ccc1C. The van der Waals surface area contributed by atoms with Gasteiger partial charge in [0, 0.05) is 0 Å². The lowest BCUT2D eigenvalue weighted by Gasteiger charge is -2.13. The van der Waals surface area contributed by atoms with E-state index in [0.29, 0.717) is 5.92 Å². The summed E-state index contributed by atoms with van der Waals surface area (Å²) >= 11 is 0. The van der Waals surface area contributed by atoms with Gasteiger partial charge in [-0.2, -0.15) is 0 Å². The Kier molecular flexibility index (Phi) is 6.43. The number of allylic oxidation sites excluding steroid dienone is 2. The molecule has 128 valence electrons. The van der Waals surface area contributed by atoms with E-state index in [9.17, 15) is 0 Å². The second-order valence-electron chi connectivity index (χ2n) is 7.50. The second-order valence-corrected chi connectivity index (χ2v) is 7.50. The van der Waals surface area contributed by atoms with Gasteiger partial charge in [-0.3, -0.25) is 0 Å². The fourth-order valence-corrected chi connectivity index (χ4v) is 3.18. The van der Waals surface area contributed by atoms with Crippen LogP contribution in [0.1, 0.15) is 68.9 Å². The van der Waals surface area contributed by atoms with Gasteiger partial charge in [0.05, 0.1) is 0 Å². The van der Waals surface area contributed by atoms with Crippen molar-refractivity contribution in [3.05, 3.63) is 75.9 Å². The maximum Gasteiger partial charge on any atom is -0.00256 e. The molecule has 0 aromatic heterocycles. The summed E-state index contributed by atoms with van der Waals surface area (Å²) < 4.78 is 0. The highest BCUT2D eigenvalue weighted by Crippen LogP contribution is 2.25. The zero-order valence-electron chi connectivity index (χ0n) is 16.2. The first-order valence-electron chi connectivity index (χ1n) is 9.24. The van der Waals surface area contributed by atoms with Crippen LogP contribution in [0.25, 0.3) is 5.57 Å². The van der Waals surface area contributed by atoms with Crippen LogP contribution in [0.3, 0.4) is 0 Å². The Balaban J connectivity index is 2.21. The average molecular weight is 321 g/mol. The van der Waals surface area contributed by atoms with Crippen LogP contribution in [-0.4, -0.2) is 0 Å². The Morgan fingerprint density at radius 3 is 2.04 bits per heavy atom. The molecule has 0 saturated heterocycles. The molecule has 2 rings (SSSR count). The van der Waals surface area contributed by atoms with Crippen molar-refractivity contribution in [3.63, 3.8) is 0 Å². The van der Waals surface area contributed by atoms with Crippen molar-refractivity contribution in [2.75, 3.05) is 0 Å². The van der Waals surface area contributed by atoms with Crippen molar-refractivity contribution in [1.82, 2.24) is 0 Å². The van der Waals surface area contributed by atoms with Gasteiger partial charge in [0.1, 0.15) is 0 Å². The second kappa shape index (κ2) is 8.33. The van der Waals surface area contributed by atoms with Crippen LogP contribution >= 0.6 is 0 Å². The van der Waals surface area contributed by atoms with Crippen LogP contribution in [0.4, 0.5) is 0 Å². The van der Waals surface area contributed by atoms with Crippen molar-refractivity contribution < 1.29 is 0 Å². The standard InChI is InChI=1S/C24H32/c1-7-18(4)20(6)24-16-23(9-8-19(24)5)15-22-12-10-21(11-13-22)14-17(2)3/h8-13,16-17H,7,14-15H2,1-6H3/b20-18+. The van der Waals surface area contributed by atoms with Gasteiger partial charge in [-0.15, -0.1) is 0 Å². The van der Waals surface area contributed by atoms with E-state index in [-0.39, 0.29) is 0 Å². The fraction of sp³-hybridized carbons (Fsp3) is 0.417. The maximum absolute atomic E-state index is 2.38. The molecule has 0 atom stereocenters. The molecule has 0 N–H and O–H groups in total. The van der Waals surface area contributed by atoms with Crippen LogP contribution < -0.4 is 0 Å². The normalized spacial score (nSPS) is 12.5. The topological polar surface area (TPSA) is 0 Å². The van der Waals surface area contributed by atoms with E-state index >= 15 is 0 Å². The van der Waals surface area contributed by atoms with E-state index in [2.05, 4.69) is 84.0 Å². The highest BCUT2D eigenvalue weighted by Gasteiger charge is 2.06. The molecule has 0 spiro atoms. The van der Waals surface area contributed by atoms with E-state index in [0.717, 1.165) is 19.3 Å². The quantitative estimate of drug-likeness (QED) is 0.538. The minimum atomic E-state index is 0.715. The lowest BCUT2D eigenvalue weighted by Crippen LogP contribution is -1.96. The van der Waals surface area contributed by atoms with Crippen molar-refractivity contribution in [1.29, 1.82) is 0 Å². The Bertz CT molecular complexity index is 699. The summed E-state index contributed by atoms with van der Waals surface area (Å²) in [5.74, 6) is 0.715. The first kappa shape index (κ1) is 18.5. The highest BCUT2D eigenvalue weighted by molar-refractivity contribution is 5.69. The fourth-order valence-electron chi connectivity index (χ4n) is 3.18. The molecule has 0 unspecified atom stereocenters. The summed E-state index contributed by atoms with van der Waals surface area (Å²) in [6.45, 7) is 13.5. The van der Waals surface area contributed by atoms with Gasteiger partial charge in [0.15, 0.2) is 0 Å². The summed E-state index contributed by atoms with van der Waals surface area (Å²) in [6.07, 6.45) is 3.29. The molecule has 0 aliphatic carbocycles. The number of aryl methyl sites for hydroxylation is 1. The third-order valence-electron chi connectivity index (χ3n) is 4.95. The summed E-state index contributed by atoms with van der Waals surface area (Å²) in [7, 11) is 0. The van der Waals surface area contributed by atoms with Crippen LogP contribution in [0.5, 0.6) is 0 Å². The largest absolute Gasteiger partial charge is 0.0701 e. The molecule has 2 aromatic rings. The van der Waals surface area contributed by atoms with Crippen LogP contribution in [-0.2, 0) is 12.8 Å². The molecule has 24 heavy (non-hydrogen) atoms. The van der Waals surface area contributed by atoms with Crippen molar-refractivity contribution >= 4 is 5.57 Å². The first-order chi connectivity index (χ1) is 11.4. The molecule has 0 radical (unpaired) electrons. The van der Waals surface area contributed by atoms with Gasteiger partial charge in [0.2, 0.25) is 0 Å². The van der Waals surface area contributed by atoms with Gasteiger partial charge in [-0.05, 0) is 79.3 Å². The van der Waals surface area contributed by atoms with Gasteiger partial charge in [0.25, 0.3) is 0 Å². The van der Waals surface area contributed by atoms with E-state index in [1.165, 1.54) is 39.0 Å². The Hall–Kier alpha value is -1.82. The number of hydrogen-bond acceptors (Lipinski definition) is 0. The third kappa shape index (κ3) is 4.84. The lowest BCUT2D eigenvalue weighted by molar-refractivity contribution is 0.647. The Morgan fingerprint density at radius 2 is 1.46 bits per heavy atom. The highest BCUT2D eigenvalue weighted by atomic mass is 14.1. The van der Waals surface area contributed by atoms with E-state index < -0.39 is 0 Å². The number of hydrogen-bond donors (Lipinski definition) is 0. The number of benzene rings is 2. The molecule has 0 heteroatoms. The zero-order chi connectivity index (χ0) is 17.7. The summed E-state index contributed by atoms with van der Waals surface area (Å²) in [5.41, 5.74) is 9.93. The Labute approximate surface area is 148 Å². The minimum Gasteiger partial charge on any atom is -0.0701 e. The van der Waals surface area contributed by atoms with Gasteiger partial charge < -0.3 is 0 Å². The molecular weight excluding hydrogens is 288 g/mol. The zero-order valence-corrected chi connectivity index (χ0v) is 16.2. The molecule has 0 aliphatic heterocycles. The predicted molar refractivity (Wildman–Crippen MR) is 108 cm³/mol. The maximum atomic E-state index is 2.38. The van der Waals surface area contributed by atoms with Crippen LogP contribution in [0.2, 0.25) is 0 Å². The van der Waals surface area contributed by atoms with Gasteiger partial charge in [-0.1, -0.05) is 68.8 Å². The van der Waals surface area contributed by atoms with E-state index in [1.54, 1.807) is 0 Å². The molecule has 0 heterocycles. The minimum absolute atomic E-state index is 0.715. The van der Waals surface area contributed by atoms with Crippen LogP contribution in [0.15, 0.2) is 48.0 Å². The van der Waals surface area contributed by atoms with Crippen LogP contribution in [0, 0.1) is 12.8 Å². The number of rotatable bonds is 6. The first-order valence-corrected chi connectivity index (χ1v) is 9.24. The molecule has 0 amide bonds. The molecular formula is C24H32. The summed E-state index contributed by atoms with van der Waals surface area (Å²) in [4.78, 5) is 0. The van der Waals surface area contributed by atoms with Crippen molar-refractivity contribution in [3.8, 4) is 0 Å². The van der Waals surface area contributed by atoms with Gasteiger partial charge >= 0.3 is 0 Å². The van der Waals surface area contributed by atoms with Gasteiger partial charge in [-0.25, -0.2) is 0 Å². The third-order valence-corrected chi connectivity index (χ3v) is 4.95.